The Morgan fingerprint density at radius 3 is 2.76 bits per heavy atom. The molecule has 0 fully saturated rings. The van der Waals surface area contributed by atoms with Gasteiger partial charge in [0.15, 0.2) is 11.2 Å². The molecule has 0 radical (unpaired) electrons. The van der Waals surface area contributed by atoms with Crippen LogP contribution in [0.15, 0.2) is 52.4 Å². The third-order valence-electron chi connectivity index (χ3n) is 5.08. The molecule has 0 aliphatic heterocycles. The Morgan fingerprint density at radius 2 is 1.93 bits per heavy atom. The molecular weight excluding hydrogens is 372 g/mol. The third kappa shape index (κ3) is 3.35. The molecule has 0 saturated carbocycles. The van der Waals surface area contributed by atoms with Gasteiger partial charge in [-0.25, -0.2) is 14.3 Å². The van der Waals surface area contributed by atoms with E-state index in [-0.39, 0.29) is 12.5 Å². The number of hydrogen-bond donors (Lipinski definition) is 1. The second-order valence-corrected chi connectivity index (χ2v) is 7.03. The summed E-state index contributed by atoms with van der Waals surface area (Å²) in [5.74, 6) is -0.372. The standard InChI is InChI=1S/C20H22N6O3/c1-23-13-22-18-17(23)19(28)26(20(29)24(18)2)12-16(27)21-9-5-10-25-11-8-14-6-3-4-7-15(14)25/h3-4,6-8,11,13H,5,9-10,12H2,1-2H3,(H,21,27). The van der Waals surface area contributed by atoms with E-state index in [1.54, 1.807) is 11.6 Å². The summed E-state index contributed by atoms with van der Waals surface area (Å²) < 4.78 is 5.91. The van der Waals surface area contributed by atoms with Crippen LogP contribution in [0.3, 0.4) is 0 Å². The first kappa shape index (κ1) is 18.7. The lowest BCUT2D eigenvalue weighted by Gasteiger charge is -2.10. The van der Waals surface area contributed by atoms with E-state index >= 15 is 0 Å². The lowest BCUT2D eigenvalue weighted by Crippen LogP contribution is -2.43. The van der Waals surface area contributed by atoms with E-state index in [2.05, 4.69) is 33.1 Å². The summed E-state index contributed by atoms with van der Waals surface area (Å²) in [7, 11) is 3.21. The van der Waals surface area contributed by atoms with Crippen molar-refractivity contribution in [3.8, 4) is 0 Å². The molecule has 4 aromatic rings. The SMILES string of the molecule is Cn1cnc2c1c(=O)n(CC(=O)NCCCn1ccc3ccccc31)c(=O)n2C. The highest BCUT2D eigenvalue weighted by Gasteiger charge is 2.16. The van der Waals surface area contributed by atoms with Crippen molar-refractivity contribution in [3.05, 3.63) is 63.7 Å². The summed E-state index contributed by atoms with van der Waals surface area (Å²) in [6.45, 7) is 0.893. The molecule has 1 N–H and O–H groups in total. The number of aryl methyl sites for hydroxylation is 3. The van der Waals surface area contributed by atoms with E-state index in [9.17, 15) is 14.4 Å². The maximum atomic E-state index is 12.6. The van der Waals surface area contributed by atoms with Crippen LogP contribution in [0.5, 0.6) is 0 Å². The maximum absolute atomic E-state index is 12.6. The van der Waals surface area contributed by atoms with Crippen molar-refractivity contribution in [2.75, 3.05) is 6.54 Å². The number of hydrogen-bond acceptors (Lipinski definition) is 4. The number of aromatic nitrogens is 5. The van der Waals surface area contributed by atoms with Gasteiger partial charge in [-0.05, 0) is 23.9 Å². The van der Waals surface area contributed by atoms with E-state index in [0.29, 0.717) is 17.7 Å². The molecule has 1 amide bonds. The zero-order chi connectivity index (χ0) is 20.5. The molecule has 0 saturated heterocycles. The van der Waals surface area contributed by atoms with Crippen LogP contribution in [0.25, 0.3) is 22.1 Å². The van der Waals surface area contributed by atoms with Gasteiger partial charge in [-0.1, -0.05) is 18.2 Å². The lowest BCUT2D eigenvalue weighted by atomic mass is 10.2. The molecule has 3 heterocycles. The van der Waals surface area contributed by atoms with Gasteiger partial charge in [-0.15, -0.1) is 0 Å². The maximum Gasteiger partial charge on any atom is 0.332 e. The lowest BCUT2D eigenvalue weighted by molar-refractivity contribution is -0.121. The highest BCUT2D eigenvalue weighted by molar-refractivity contribution is 5.80. The topological polar surface area (TPSA) is 95.8 Å². The largest absolute Gasteiger partial charge is 0.354 e. The van der Waals surface area contributed by atoms with E-state index < -0.39 is 11.2 Å². The fourth-order valence-corrected chi connectivity index (χ4v) is 3.55. The summed E-state index contributed by atoms with van der Waals surface area (Å²) in [4.78, 5) is 41.5. The first-order chi connectivity index (χ1) is 14.0. The summed E-state index contributed by atoms with van der Waals surface area (Å²) in [6.07, 6.45) is 4.23. The molecule has 29 heavy (non-hydrogen) atoms. The zero-order valence-electron chi connectivity index (χ0n) is 16.3. The van der Waals surface area contributed by atoms with Gasteiger partial charge < -0.3 is 14.5 Å². The van der Waals surface area contributed by atoms with Gasteiger partial charge in [0, 0.05) is 38.9 Å². The third-order valence-corrected chi connectivity index (χ3v) is 5.08. The normalized spacial score (nSPS) is 11.4. The van der Waals surface area contributed by atoms with Crippen molar-refractivity contribution >= 4 is 28.0 Å². The molecule has 0 unspecified atom stereocenters. The second kappa shape index (κ2) is 7.42. The Hall–Kier alpha value is -3.62. The van der Waals surface area contributed by atoms with E-state index in [4.69, 9.17) is 0 Å². The Bertz CT molecular complexity index is 1320. The first-order valence-corrected chi connectivity index (χ1v) is 9.39. The molecule has 0 bridgehead atoms. The molecule has 0 atom stereocenters. The van der Waals surface area contributed by atoms with Crippen LogP contribution in [0.4, 0.5) is 0 Å². The van der Waals surface area contributed by atoms with Crippen molar-refractivity contribution in [3.63, 3.8) is 0 Å². The van der Waals surface area contributed by atoms with Gasteiger partial charge in [0.2, 0.25) is 5.91 Å². The monoisotopic (exact) mass is 394 g/mol. The fourth-order valence-electron chi connectivity index (χ4n) is 3.55. The molecule has 0 aliphatic carbocycles. The van der Waals surface area contributed by atoms with Crippen LogP contribution >= 0.6 is 0 Å². The minimum atomic E-state index is -0.560. The highest BCUT2D eigenvalue weighted by atomic mass is 16.2. The molecule has 0 aliphatic rings. The van der Waals surface area contributed by atoms with Crippen LogP contribution in [-0.2, 0) is 32.0 Å². The number of nitrogens with zero attached hydrogens (tertiary/aromatic N) is 5. The number of carbonyl (C=O) groups excluding carboxylic acids is 1. The Kier molecular flexibility index (Phi) is 4.79. The molecule has 150 valence electrons. The van der Waals surface area contributed by atoms with Gasteiger partial charge >= 0.3 is 5.69 Å². The number of rotatable bonds is 6. The quantitative estimate of drug-likeness (QED) is 0.484. The molecular formula is C20H22N6O3. The number of benzene rings is 1. The smallest absolute Gasteiger partial charge is 0.332 e. The predicted molar refractivity (Wildman–Crippen MR) is 110 cm³/mol. The Balaban J connectivity index is 1.41. The average molecular weight is 394 g/mol. The van der Waals surface area contributed by atoms with Gasteiger partial charge in [-0.2, -0.15) is 0 Å². The number of amides is 1. The summed E-state index contributed by atoms with van der Waals surface area (Å²) in [5.41, 5.74) is 0.670. The molecule has 1 aromatic carbocycles. The van der Waals surface area contributed by atoms with Gasteiger partial charge in [-0.3, -0.25) is 14.2 Å². The predicted octanol–water partition coefficient (Wildman–Crippen LogP) is 0.595. The molecule has 3 aromatic heterocycles. The minimum Gasteiger partial charge on any atom is -0.354 e. The van der Waals surface area contributed by atoms with Crippen molar-refractivity contribution in [2.45, 2.75) is 19.5 Å². The van der Waals surface area contributed by atoms with Gasteiger partial charge in [0.1, 0.15) is 6.54 Å². The minimum absolute atomic E-state index is 0.291. The number of carbonyl (C=O) groups is 1. The number of nitrogens with one attached hydrogen (secondary N) is 1. The molecule has 4 rings (SSSR count). The van der Waals surface area contributed by atoms with Crippen LogP contribution < -0.4 is 16.6 Å². The van der Waals surface area contributed by atoms with Gasteiger partial charge in [0.25, 0.3) is 5.56 Å². The number of fused-ring (bicyclic) bond motifs is 2. The van der Waals surface area contributed by atoms with Crippen LogP contribution in [0, 0.1) is 0 Å². The van der Waals surface area contributed by atoms with Gasteiger partial charge in [0.05, 0.1) is 6.33 Å². The number of imidazole rings is 1. The summed E-state index contributed by atoms with van der Waals surface area (Å²) in [6, 6.07) is 10.2. The fraction of sp³-hybridized carbons (Fsp3) is 0.300. The van der Waals surface area contributed by atoms with E-state index in [0.717, 1.165) is 23.0 Å². The molecule has 0 spiro atoms. The van der Waals surface area contributed by atoms with Crippen molar-refractivity contribution < 1.29 is 4.79 Å². The van der Waals surface area contributed by atoms with Crippen molar-refractivity contribution in [1.82, 2.24) is 28.6 Å². The zero-order valence-corrected chi connectivity index (χ0v) is 16.3. The second-order valence-electron chi connectivity index (χ2n) is 7.03. The van der Waals surface area contributed by atoms with E-state index in [1.165, 1.54) is 23.3 Å². The van der Waals surface area contributed by atoms with Crippen LogP contribution in [-0.4, -0.2) is 35.7 Å². The van der Waals surface area contributed by atoms with Crippen molar-refractivity contribution in [1.29, 1.82) is 0 Å². The number of para-hydroxylation sites is 1. The average Bonchev–Trinajstić information content (AvgIpc) is 3.31. The Labute approximate surface area is 165 Å². The molecule has 9 heteroatoms. The highest BCUT2D eigenvalue weighted by Crippen LogP contribution is 2.15. The molecule has 9 nitrogen and oxygen atoms in total. The van der Waals surface area contributed by atoms with E-state index in [1.807, 2.05) is 18.3 Å². The Morgan fingerprint density at radius 1 is 1.14 bits per heavy atom. The van der Waals surface area contributed by atoms with Crippen LogP contribution in [0.1, 0.15) is 6.42 Å². The van der Waals surface area contributed by atoms with Crippen molar-refractivity contribution in [2.24, 2.45) is 14.1 Å². The summed E-state index contributed by atoms with van der Waals surface area (Å²) >= 11 is 0. The van der Waals surface area contributed by atoms with Crippen LogP contribution in [0.2, 0.25) is 0 Å². The summed E-state index contributed by atoms with van der Waals surface area (Å²) in [5, 5.41) is 3.97. The first-order valence-electron chi connectivity index (χ1n) is 9.39.